The number of hydrogen-bond acceptors (Lipinski definition) is 3. The Morgan fingerprint density at radius 2 is 2.05 bits per heavy atom. The first-order valence-corrected chi connectivity index (χ1v) is 8.22. The van der Waals surface area contributed by atoms with Crippen molar-refractivity contribution in [3.05, 3.63) is 50.4 Å². The summed E-state index contributed by atoms with van der Waals surface area (Å²) in [6.45, 7) is 2.23. The minimum absolute atomic E-state index is 0.108. The Hall–Kier alpha value is -0.900. The van der Waals surface area contributed by atoms with Crippen LogP contribution < -0.4 is 5.32 Å². The summed E-state index contributed by atoms with van der Waals surface area (Å²) in [6, 6.07) is 8.10. The quantitative estimate of drug-likeness (QED) is 0.925. The van der Waals surface area contributed by atoms with Crippen LogP contribution in [0.1, 0.15) is 34.5 Å². The van der Waals surface area contributed by atoms with E-state index in [9.17, 15) is 0 Å². The Kier molecular flexibility index (Phi) is 3.85. The van der Waals surface area contributed by atoms with Crippen molar-refractivity contribution >= 4 is 22.9 Å². The Morgan fingerprint density at radius 1 is 1.30 bits per heavy atom. The van der Waals surface area contributed by atoms with Crippen molar-refractivity contribution in [1.82, 2.24) is 10.3 Å². The van der Waals surface area contributed by atoms with Gasteiger partial charge in [-0.3, -0.25) is 0 Å². The monoisotopic (exact) mass is 306 g/mol. The SMILES string of the molecule is CNC(C)(Cc1ccc(Cl)cc1)c1nc2c(s1)CCC2. The second-order valence-corrected chi connectivity index (χ2v) is 7.15. The third-order valence-corrected chi connectivity index (χ3v) is 5.76. The maximum absolute atomic E-state index is 5.96. The zero-order chi connectivity index (χ0) is 14.2. The molecule has 1 unspecified atom stereocenters. The molecule has 0 fully saturated rings. The van der Waals surface area contributed by atoms with Gasteiger partial charge in [0, 0.05) is 9.90 Å². The highest BCUT2D eigenvalue weighted by Gasteiger charge is 2.31. The molecule has 3 rings (SSSR count). The Bertz CT molecular complexity index is 584. The zero-order valence-electron chi connectivity index (χ0n) is 11.9. The lowest BCUT2D eigenvalue weighted by Gasteiger charge is -2.27. The van der Waals surface area contributed by atoms with Crippen LogP contribution >= 0.6 is 22.9 Å². The Labute approximate surface area is 129 Å². The fraction of sp³-hybridized carbons (Fsp3) is 0.438. The molecule has 2 aromatic rings. The zero-order valence-corrected chi connectivity index (χ0v) is 13.4. The van der Waals surface area contributed by atoms with Gasteiger partial charge in [0.05, 0.1) is 11.2 Å². The van der Waals surface area contributed by atoms with Gasteiger partial charge in [-0.1, -0.05) is 23.7 Å². The van der Waals surface area contributed by atoms with Crippen LogP contribution in [-0.4, -0.2) is 12.0 Å². The van der Waals surface area contributed by atoms with Gasteiger partial charge in [0.25, 0.3) is 0 Å². The average Bonchev–Trinajstić information content (AvgIpc) is 3.02. The second kappa shape index (κ2) is 5.47. The number of benzene rings is 1. The van der Waals surface area contributed by atoms with E-state index in [1.165, 1.54) is 34.0 Å². The molecule has 0 radical (unpaired) electrons. The van der Waals surface area contributed by atoms with Crippen molar-refractivity contribution in [2.45, 2.75) is 38.1 Å². The van der Waals surface area contributed by atoms with E-state index >= 15 is 0 Å². The highest BCUT2D eigenvalue weighted by molar-refractivity contribution is 7.12. The third kappa shape index (κ3) is 2.62. The Morgan fingerprint density at radius 3 is 2.70 bits per heavy atom. The van der Waals surface area contributed by atoms with Gasteiger partial charge in [-0.15, -0.1) is 11.3 Å². The van der Waals surface area contributed by atoms with E-state index in [0.29, 0.717) is 0 Å². The van der Waals surface area contributed by atoms with E-state index in [4.69, 9.17) is 16.6 Å². The van der Waals surface area contributed by atoms with E-state index in [1.54, 1.807) is 0 Å². The van der Waals surface area contributed by atoms with Crippen molar-refractivity contribution in [1.29, 1.82) is 0 Å². The van der Waals surface area contributed by atoms with Crippen LogP contribution in [0.2, 0.25) is 5.02 Å². The number of thiazole rings is 1. The summed E-state index contributed by atoms with van der Waals surface area (Å²) < 4.78 is 0. The molecule has 0 aliphatic heterocycles. The number of halogens is 1. The smallest absolute Gasteiger partial charge is 0.113 e. The normalized spacial score (nSPS) is 16.9. The van der Waals surface area contributed by atoms with Crippen molar-refractivity contribution in [2.75, 3.05) is 7.05 Å². The average molecular weight is 307 g/mol. The maximum atomic E-state index is 5.96. The molecular weight excluding hydrogens is 288 g/mol. The van der Waals surface area contributed by atoms with Gasteiger partial charge in [-0.25, -0.2) is 4.98 Å². The Balaban J connectivity index is 1.87. The molecule has 1 aliphatic carbocycles. The molecule has 2 nitrogen and oxygen atoms in total. The summed E-state index contributed by atoms with van der Waals surface area (Å²) in [5.41, 5.74) is 2.49. The minimum atomic E-state index is -0.108. The van der Waals surface area contributed by atoms with E-state index in [-0.39, 0.29) is 5.54 Å². The number of likely N-dealkylation sites (N-methyl/N-ethyl adjacent to an activating group) is 1. The van der Waals surface area contributed by atoms with Gasteiger partial charge in [0.1, 0.15) is 5.01 Å². The number of aryl methyl sites for hydroxylation is 2. The van der Waals surface area contributed by atoms with Gasteiger partial charge in [0.2, 0.25) is 0 Å². The summed E-state index contributed by atoms with van der Waals surface area (Å²) in [7, 11) is 2.02. The summed E-state index contributed by atoms with van der Waals surface area (Å²) in [5.74, 6) is 0. The first-order chi connectivity index (χ1) is 9.60. The van der Waals surface area contributed by atoms with Gasteiger partial charge in [0.15, 0.2) is 0 Å². The molecule has 1 N–H and O–H groups in total. The second-order valence-electron chi connectivity index (χ2n) is 5.63. The minimum Gasteiger partial charge on any atom is -0.308 e. The van der Waals surface area contributed by atoms with Gasteiger partial charge in [-0.2, -0.15) is 0 Å². The van der Waals surface area contributed by atoms with Crippen LogP contribution in [-0.2, 0) is 24.8 Å². The van der Waals surface area contributed by atoms with Crippen LogP contribution in [0.3, 0.4) is 0 Å². The predicted molar refractivity (Wildman–Crippen MR) is 85.7 cm³/mol. The predicted octanol–water partition coefficient (Wildman–Crippen LogP) is 3.96. The lowest BCUT2D eigenvalue weighted by atomic mass is 9.93. The highest BCUT2D eigenvalue weighted by atomic mass is 35.5. The summed E-state index contributed by atoms with van der Waals surface area (Å²) in [5, 5.41) is 5.45. The molecule has 4 heteroatoms. The molecule has 1 heterocycles. The fourth-order valence-electron chi connectivity index (χ4n) is 2.71. The summed E-state index contributed by atoms with van der Waals surface area (Å²) in [4.78, 5) is 6.36. The number of aromatic nitrogens is 1. The molecule has 0 amide bonds. The van der Waals surface area contributed by atoms with E-state index in [0.717, 1.165) is 17.9 Å². The molecule has 0 bridgehead atoms. The van der Waals surface area contributed by atoms with E-state index in [2.05, 4.69) is 24.4 Å². The molecule has 20 heavy (non-hydrogen) atoms. The van der Waals surface area contributed by atoms with Gasteiger partial charge < -0.3 is 5.32 Å². The number of nitrogens with zero attached hydrogens (tertiary/aromatic N) is 1. The summed E-state index contributed by atoms with van der Waals surface area (Å²) in [6.07, 6.45) is 4.54. The molecular formula is C16H19ClN2S. The lowest BCUT2D eigenvalue weighted by molar-refractivity contribution is 0.394. The van der Waals surface area contributed by atoms with Crippen LogP contribution in [0.15, 0.2) is 24.3 Å². The van der Waals surface area contributed by atoms with Crippen molar-refractivity contribution in [2.24, 2.45) is 0 Å². The molecule has 1 aromatic carbocycles. The molecule has 1 atom stereocenters. The van der Waals surface area contributed by atoms with Crippen molar-refractivity contribution < 1.29 is 0 Å². The topological polar surface area (TPSA) is 24.9 Å². The van der Waals surface area contributed by atoms with Crippen LogP contribution in [0.4, 0.5) is 0 Å². The largest absolute Gasteiger partial charge is 0.308 e. The number of fused-ring (bicyclic) bond motifs is 1. The van der Waals surface area contributed by atoms with Crippen molar-refractivity contribution in [3.63, 3.8) is 0 Å². The van der Waals surface area contributed by atoms with E-state index in [1.807, 2.05) is 30.5 Å². The molecule has 1 aliphatic rings. The van der Waals surface area contributed by atoms with Gasteiger partial charge >= 0.3 is 0 Å². The summed E-state index contributed by atoms with van der Waals surface area (Å²) >= 11 is 7.83. The number of rotatable bonds is 4. The molecule has 106 valence electrons. The third-order valence-electron chi connectivity index (χ3n) is 4.09. The molecule has 0 saturated carbocycles. The van der Waals surface area contributed by atoms with Crippen LogP contribution in [0, 0.1) is 0 Å². The first-order valence-electron chi connectivity index (χ1n) is 7.03. The maximum Gasteiger partial charge on any atom is 0.113 e. The number of nitrogens with one attached hydrogen (secondary N) is 1. The van der Waals surface area contributed by atoms with Gasteiger partial charge in [-0.05, 0) is 57.4 Å². The van der Waals surface area contributed by atoms with E-state index < -0.39 is 0 Å². The fourth-order valence-corrected chi connectivity index (χ4v) is 4.13. The highest BCUT2D eigenvalue weighted by Crippen LogP contribution is 2.34. The standard InChI is InChI=1S/C16H19ClN2S/c1-16(18-2,10-11-6-8-12(17)9-7-11)15-19-13-4-3-5-14(13)20-15/h6-9,18H,3-5,10H2,1-2H3. The first kappa shape index (κ1) is 14.1. The van der Waals surface area contributed by atoms with Crippen LogP contribution in [0.5, 0.6) is 0 Å². The molecule has 1 aromatic heterocycles. The van der Waals surface area contributed by atoms with Crippen LogP contribution in [0.25, 0.3) is 0 Å². The molecule has 0 saturated heterocycles. The van der Waals surface area contributed by atoms with Crippen molar-refractivity contribution in [3.8, 4) is 0 Å². The molecule has 0 spiro atoms. The number of hydrogen-bond donors (Lipinski definition) is 1. The lowest BCUT2D eigenvalue weighted by Crippen LogP contribution is -2.39.